The molecule has 1 fully saturated rings. The lowest BCUT2D eigenvalue weighted by atomic mass is 9.95. The molecule has 3 heteroatoms. The lowest BCUT2D eigenvalue weighted by Crippen LogP contribution is -2.24. The monoisotopic (exact) mass is 299 g/mol. The van der Waals surface area contributed by atoms with Gasteiger partial charge in [-0.3, -0.25) is 4.40 Å². The van der Waals surface area contributed by atoms with Crippen molar-refractivity contribution in [3.05, 3.63) is 29.6 Å². The fourth-order valence-corrected chi connectivity index (χ4v) is 3.61. The van der Waals surface area contributed by atoms with Crippen LogP contribution in [0, 0.1) is 6.92 Å². The Hall–Kier alpha value is -1.51. The number of aryl methyl sites for hydroxylation is 2. The maximum absolute atomic E-state index is 4.91. The molecule has 0 spiro atoms. The number of hydrogen-bond donors (Lipinski definition) is 1. The van der Waals surface area contributed by atoms with E-state index in [0.29, 0.717) is 6.04 Å². The Morgan fingerprint density at radius 3 is 2.77 bits per heavy atom. The van der Waals surface area contributed by atoms with Crippen LogP contribution in [-0.2, 0) is 6.42 Å². The Balaban J connectivity index is 1.90. The quantitative estimate of drug-likeness (QED) is 0.750. The van der Waals surface area contributed by atoms with E-state index in [1.807, 2.05) is 0 Å². The Morgan fingerprint density at radius 2 is 2.00 bits per heavy atom. The second-order valence-corrected chi connectivity index (χ2v) is 6.70. The predicted octanol–water partition coefficient (Wildman–Crippen LogP) is 5.12. The molecule has 3 nitrogen and oxygen atoms in total. The standard InChI is InChI=1S/C19H29N3/c1-3-4-6-13-17-19(20-16-11-7-5-8-12-16)22-15(2)10-9-14-18(22)21-17/h9-10,14,16,20H,3-8,11-13H2,1-2H3. The summed E-state index contributed by atoms with van der Waals surface area (Å²) in [5.74, 6) is 1.26. The highest BCUT2D eigenvalue weighted by Crippen LogP contribution is 2.27. The molecular formula is C19H29N3. The first-order valence-electron chi connectivity index (χ1n) is 9.03. The molecule has 0 bridgehead atoms. The number of nitrogens with zero attached hydrogens (tertiary/aromatic N) is 2. The van der Waals surface area contributed by atoms with Gasteiger partial charge in [-0.05, 0) is 44.7 Å². The van der Waals surface area contributed by atoms with Crippen LogP contribution in [0.1, 0.15) is 69.7 Å². The molecule has 3 rings (SSSR count). The zero-order valence-corrected chi connectivity index (χ0v) is 14.1. The lowest BCUT2D eigenvalue weighted by molar-refractivity contribution is 0.461. The van der Waals surface area contributed by atoms with E-state index in [9.17, 15) is 0 Å². The van der Waals surface area contributed by atoms with Crippen molar-refractivity contribution < 1.29 is 0 Å². The van der Waals surface area contributed by atoms with Crippen molar-refractivity contribution in [2.45, 2.75) is 77.7 Å². The third-order valence-corrected chi connectivity index (χ3v) is 4.87. The van der Waals surface area contributed by atoms with Crippen molar-refractivity contribution in [1.29, 1.82) is 0 Å². The van der Waals surface area contributed by atoms with Crippen LogP contribution in [-0.4, -0.2) is 15.4 Å². The summed E-state index contributed by atoms with van der Waals surface area (Å²) in [4.78, 5) is 4.91. The van der Waals surface area contributed by atoms with Gasteiger partial charge >= 0.3 is 0 Å². The number of fused-ring (bicyclic) bond motifs is 1. The molecule has 2 heterocycles. The van der Waals surface area contributed by atoms with Crippen LogP contribution in [0.2, 0.25) is 0 Å². The number of aromatic nitrogens is 2. The van der Waals surface area contributed by atoms with Gasteiger partial charge in [0.1, 0.15) is 11.5 Å². The molecule has 1 N–H and O–H groups in total. The molecule has 1 aliphatic carbocycles. The SMILES string of the molecule is CCCCCc1nc2cccc(C)n2c1NC1CCCCC1. The number of unbranched alkanes of at least 4 members (excludes halogenated alkanes) is 2. The highest BCUT2D eigenvalue weighted by molar-refractivity contribution is 5.57. The van der Waals surface area contributed by atoms with Gasteiger partial charge in [-0.25, -0.2) is 4.98 Å². The number of pyridine rings is 1. The van der Waals surface area contributed by atoms with E-state index < -0.39 is 0 Å². The number of rotatable bonds is 6. The van der Waals surface area contributed by atoms with Crippen molar-refractivity contribution in [2.24, 2.45) is 0 Å². The molecule has 22 heavy (non-hydrogen) atoms. The van der Waals surface area contributed by atoms with Gasteiger partial charge in [-0.15, -0.1) is 0 Å². The summed E-state index contributed by atoms with van der Waals surface area (Å²) in [7, 11) is 0. The summed E-state index contributed by atoms with van der Waals surface area (Å²) in [5, 5.41) is 3.84. The Bertz CT molecular complexity index is 608. The Morgan fingerprint density at radius 1 is 1.18 bits per heavy atom. The van der Waals surface area contributed by atoms with Crippen molar-refractivity contribution in [3.8, 4) is 0 Å². The zero-order valence-electron chi connectivity index (χ0n) is 14.1. The zero-order chi connectivity index (χ0) is 15.4. The van der Waals surface area contributed by atoms with Crippen LogP contribution in [0.5, 0.6) is 0 Å². The fourth-order valence-electron chi connectivity index (χ4n) is 3.61. The Labute approximate surface area is 134 Å². The van der Waals surface area contributed by atoms with Gasteiger partial charge in [0.05, 0.1) is 5.69 Å². The van der Waals surface area contributed by atoms with Gasteiger partial charge in [0.25, 0.3) is 0 Å². The molecule has 0 atom stereocenters. The van der Waals surface area contributed by atoms with Crippen molar-refractivity contribution in [1.82, 2.24) is 9.38 Å². The predicted molar refractivity (Wildman–Crippen MR) is 93.7 cm³/mol. The normalized spacial score (nSPS) is 16.3. The lowest BCUT2D eigenvalue weighted by Gasteiger charge is -2.24. The molecule has 1 aliphatic rings. The van der Waals surface area contributed by atoms with Crippen LogP contribution < -0.4 is 5.32 Å². The molecular weight excluding hydrogens is 270 g/mol. The minimum absolute atomic E-state index is 0.623. The highest BCUT2D eigenvalue weighted by atomic mass is 15.2. The largest absolute Gasteiger partial charge is 0.367 e. The van der Waals surface area contributed by atoms with E-state index in [4.69, 9.17) is 4.98 Å². The van der Waals surface area contributed by atoms with Gasteiger partial charge in [0.2, 0.25) is 0 Å². The van der Waals surface area contributed by atoms with Gasteiger partial charge in [-0.1, -0.05) is 45.1 Å². The van der Waals surface area contributed by atoms with E-state index in [0.717, 1.165) is 12.1 Å². The van der Waals surface area contributed by atoms with E-state index in [1.54, 1.807) is 0 Å². The van der Waals surface area contributed by atoms with Crippen LogP contribution >= 0.6 is 0 Å². The third kappa shape index (κ3) is 3.29. The van der Waals surface area contributed by atoms with E-state index >= 15 is 0 Å². The number of imidazole rings is 1. The minimum atomic E-state index is 0.623. The van der Waals surface area contributed by atoms with Crippen molar-refractivity contribution >= 4 is 11.5 Å². The summed E-state index contributed by atoms with van der Waals surface area (Å²) in [6.07, 6.45) is 11.6. The van der Waals surface area contributed by atoms with E-state index in [2.05, 4.69) is 41.8 Å². The fraction of sp³-hybridized carbons (Fsp3) is 0.632. The molecule has 2 aromatic rings. The summed E-state index contributed by atoms with van der Waals surface area (Å²) in [6, 6.07) is 7.04. The maximum Gasteiger partial charge on any atom is 0.138 e. The maximum atomic E-state index is 4.91. The van der Waals surface area contributed by atoms with Crippen LogP contribution in [0.25, 0.3) is 5.65 Å². The molecule has 0 radical (unpaired) electrons. The molecule has 120 valence electrons. The van der Waals surface area contributed by atoms with E-state index in [1.165, 1.54) is 68.6 Å². The smallest absolute Gasteiger partial charge is 0.138 e. The van der Waals surface area contributed by atoms with Crippen molar-refractivity contribution in [2.75, 3.05) is 5.32 Å². The third-order valence-electron chi connectivity index (χ3n) is 4.87. The second-order valence-electron chi connectivity index (χ2n) is 6.70. The summed E-state index contributed by atoms with van der Waals surface area (Å²) in [5.41, 5.74) is 3.61. The molecule has 0 unspecified atom stereocenters. The van der Waals surface area contributed by atoms with Gasteiger partial charge in [0, 0.05) is 11.7 Å². The van der Waals surface area contributed by atoms with Gasteiger partial charge < -0.3 is 5.32 Å². The number of hydrogen-bond acceptors (Lipinski definition) is 2. The van der Waals surface area contributed by atoms with Crippen LogP contribution in [0.3, 0.4) is 0 Å². The molecule has 2 aromatic heterocycles. The van der Waals surface area contributed by atoms with Gasteiger partial charge in [0.15, 0.2) is 0 Å². The number of nitrogens with one attached hydrogen (secondary N) is 1. The average Bonchev–Trinajstić information content (AvgIpc) is 2.88. The van der Waals surface area contributed by atoms with Crippen LogP contribution in [0.15, 0.2) is 18.2 Å². The molecule has 0 amide bonds. The average molecular weight is 299 g/mol. The van der Waals surface area contributed by atoms with Crippen molar-refractivity contribution in [3.63, 3.8) is 0 Å². The first-order chi connectivity index (χ1) is 10.8. The topological polar surface area (TPSA) is 29.3 Å². The second kappa shape index (κ2) is 7.17. The minimum Gasteiger partial charge on any atom is -0.367 e. The van der Waals surface area contributed by atoms with Gasteiger partial charge in [-0.2, -0.15) is 0 Å². The molecule has 0 saturated heterocycles. The summed E-state index contributed by atoms with van der Waals surface area (Å²) >= 11 is 0. The summed E-state index contributed by atoms with van der Waals surface area (Å²) < 4.78 is 2.32. The van der Waals surface area contributed by atoms with E-state index in [-0.39, 0.29) is 0 Å². The number of anilines is 1. The first kappa shape index (κ1) is 15.4. The highest BCUT2D eigenvalue weighted by Gasteiger charge is 2.19. The first-order valence-corrected chi connectivity index (χ1v) is 9.03. The molecule has 0 aliphatic heterocycles. The van der Waals surface area contributed by atoms with Crippen LogP contribution in [0.4, 0.5) is 5.82 Å². The molecule has 1 saturated carbocycles. The Kier molecular flexibility index (Phi) is 5.01. The summed E-state index contributed by atoms with van der Waals surface area (Å²) in [6.45, 7) is 4.44. The molecule has 0 aromatic carbocycles.